The van der Waals surface area contributed by atoms with Gasteiger partial charge in [0.2, 0.25) is 5.88 Å². The first-order valence-electron chi connectivity index (χ1n) is 8.47. The van der Waals surface area contributed by atoms with Crippen molar-refractivity contribution in [1.82, 2.24) is 4.98 Å². The third-order valence-corrected chi connectivity index (χ3v) is 4.67. The molecule has 26 heavy (non-hydrogen) atoms. The summed E-state index contributed by atoms with van der Waals surface area (Å²) in [7, 11) is 0. The predicted molar refractivity (Wildman–Crippen MR) is 92.6 cm³/mol. The van der Waals surface area contributed by atoms with E-state index >= 15 is 0 Å². The summed E-state index contributed by atoms with van der Waals surface area (Å²) in [5.74, 6) is -1.55. The average Bonchev–Trinajstić information content (AvgIpc) is 3.29. The minimum absolute atomic E-state index is 0.0586. The number of anilines is 1. The maximum absolute atomic E-state index is 13.0. The molecule has 3 heterocycles. The fourth-order valence-electron chi connectivity index (χ4n) is 3.35. The van der Waals surface area contributed by atoms with Crippen molar-refractivity contribution in [2.24, 2.45) is 0 Å². The van der Waals surface area contributed by atoms with E-state index in [-0.39, 0.29) is 18.6 Å². The van der Waals surface area contributed by atoms with Gasteiger partial charge in [0.05, 0.1) is 13.2 Å². The Kier molecular flexibility index (Phi) is 4.30. The molecule has 0 aliphatic carbocycles. The van der Waals surface area contributed by atoms with E-state index < -0.39 is 11.9 Å². The van der Waals surface area contributed by atoms with Gasteiger partial charge in [-0.05, 0) is 17.7 Å². The van der Waals surface area contributed by atoms with Crippen molar-refractivity contribution in [2.45, 2.75) is 18.4 Å². The quantitative estimate of drug-likeness (QED) is 0.904. The molecule has 2 aliphatic heterocycles. The second-order valence-electron chi connectivity index (χ2n) is 6.35. The highest BCUT2D eigenvalue weighted by molar-refractivity contribution is 6.08. The number of carboxylic acid groups (broad SMARTS) is 1. The molecule has 2 atom stereocenters. The molecule has 2 aliphatic rings. The van der Waals surface area contributed by atoms with E-state index in [1.807, 2.05) is 0 Å². The van der Waals surface area contributed by atoms with E-state index in [2.05, 4.69) is 4.98 Å². The van der Waals surface area contributed by atoms with Crippen molar-refractivity contribution in [3.05, 3.63) is 53.7 Å². The van der Waals surface area contributed by atoms with Crippen molar-refractivity contribution >= 4 is 17.6 Å². The molecule has 0 bridgehead atoms. The van der Waals surface area contributed by atoms with Crippen LogP contribution in [0.15, 0.2) is 42.6 Å². The molecule has 7 heteroatoms. The molecule has 0 saturated carbocycles. The number of nitrogens with zero attached hydrogens (tertiary/aromatic N) is 2. The number of para-hydroxylation sites is 1. The van der Waals surface area contributed by atoms with Crippen LogP contribution in [0.4, 0.5) is 5.69 Å². The zero-order valence-electron chi connectivity index (χ0n) is 14.0. The third kappa shape index (κ3) is 3.01. The number of carboxylic acids is 1. The first-order valence-corrected chi connectivity index (χ1v) is 8.47. The van der Waals surface area contributed by atoms with Gasteiger partial charge in [-0.15, -0.1) is 0 Å². The van der Waals surface area contributed by atoms with Crippen molar-refractivity contribution in [3.8, 4) is 5.88 Å². The van der Waals surface area contributed by atoms with E-state index in [0.29, 0.717) is 35.9 Å². The normalized spacial score (nSPS) is 21.5. The molecule has 1 saturated heterocycles. The van der Waals surface area contributed by atoms with Gasteiger partial charge in [-0.1, -0.05) is 18.2 Å². The molecule has 2 unspecified atom stereocenters. The van der Waals surface area contributed by atoms with Gasteiger partial charge in [0.1, 0.15) is 12.0 Å². The molecule has 2 aromatic rings. The van der Waals surface area contributed by atoms with Crippen LogP contribution in [0.5, 0.6) is 5.88 Å². The molecule has 1 amide bonds. The largest absolute Gasteiger partial charge is 0.481 e. The second kappa shape index (κ2) is 6.76. The second-order valence-corrected chi connectivity index (χ2v) is 6.35. The average molecular weight is 354 g/mol. The van der Waals surface area contributed by atoms with Gasteiger partial charge in [-0.3, -0.25) is 9.59 Å². The summed E-state index contributed by atoms with van der Waals surface area (Å²) in [6.07, 6.45) is 2.26. The molecule has 1 aromatic carbocycles. The van der Waals surface area contributed by atoms with Crippen LogP contribution in [-0.4, -0.2) is 47.8 Å². The highest BCUT2D eigenvalue weighted by Gasteiger charge is 2.36. The van der Waals surface area contributed by atoms with Crippen LogP contribution in [0.25, 0.3) is 0 Å². The molecule has 1 N–H and O–H groups in total. The van der Waals surface area contributed by atoms with Gasteiger partial charge in [0.15, 0.2) is 0 Å². The topological polar surface area (TPSA) is 89.0 Å². The number of ether oxygens (including phenoxy) is 2. The van der Waals surface area contributed by atoms with E-state index in [9.17, 15) is 14.7 Å². The fourth-order valence-corrected chi connectivity index (χ4v) is 3.35. The zero-order chi connectivity index (χ0) is 18.1. The van der Waals surface area contributed by atoms with E-state index in [0.717, 1.165) is 6.42 Å². The minimum atomic E-state index is -0.937. The Hall–Kier alpha value is -2.93. The van der Waals surface area contributed by atoms with Crippen molar-refractivity contribution in [3.63, 3.8) is 0 Å². The van der Waals surface area contributed by atoms with Gasteiger partial charge in [0, 0.05) is 36.5 Å². The van der Waals surface area contributed by atoms with Gasteiger partial charge < -0.3 is 19.5 Å². The molecule has 1 aromatic heterocycles. The SMILES string of the molecule is O=C(O)C1CN(C(=O)c2ccnc(OC3CCOC3)c2)c2ccccc21. The number of hydrogen-bond acceptors (Lipinski definition) is 5. The van der Waals surface area contributed by atoms with E-state index in [1.54, 1.807) is 36.4 Å². The Morgan fingerprint density at radius 1 is 1.27 bits per heavy atom. The Morgan fingerprint density at radius 3 is 2.88 bits per heavy atom. The molecule has 0 spiro atoms. The Balaban J connectivity index is 1.59. The summed E-state index contributed by atoms with van der Waals surface area (Å²) >= 11 is 0. The number of rotatable bonds is 4. The van der Waals surface area contributed by atoms with Crippen LogP contribution in [0.1, 0.15) is 28.3 Å². The van der Waals surface area contributed by atoms with Crippen LogP contribution in [0.3, 0.4) is 0 Å². The van der Waals surface area contributed by atoms with Crippen LogP contribution in [0.2, 0.25) is 0 Å². The first kappa shape index (κ1) is 16.5. The highest BCUT2D eigenvalue weighted by Crippen LogP contribution is 2.37. The summed E-state index contributed by atoms with van der Waals surface area (Å²) in [6.45, 7) is 1.28. The van der Waals surface area contributed by atoms with Crippen LogP contribution in [-0.2, 0) is 9.53 Å². The monoisotopic (exact) mass is 354 g/mol. The first-order chi connectivity index (χ1) is 12.6. The molecular formula is C19H18N2O5. The number of carbonyl (C=O) groups excluding carboxylic acids is 1. The highest BCUT2D eigenvalue weighted by atomic mass is 16.5. The molecular weight excluding hydrogens is 336 g/mol. The molecule has 4 rings (SSSR count). The Bertz CT molecular complexity index is 847. The number of aromatic nitrogens is 1. The lowest BCUT2D eigenvalue weighted by Gasteiger charge is -2.18. The number of benzene rings is 1. The third-order valence-electron chi connectivity index (χ3n) is 4.67. The van der Waals surface area contributed by atoms with Crippen LogP contribution >= 0.6 is 0 Å². The smallest absolute Gasteiger partial charge is 0.312 e. The number of hydrogen-bond donors (Lipinski definition) is 1. The molecule has 0 radical (unpaired) electrons. The van der Waals surface area contributed by atoms with Gasteiger partial charge in [0.25, 0.3) is 5.91 Å². The molecule has 7 nitrogen and oxygen atoms in total. The van der Waals surface area contributed by atoms with Gasteiger partial charge in [-0.25, -0.2) is 4.98 Å². The number of amides is 1. The maximum Gasteiger partial charge on any atom is 0.312 e. The zero-order valence-corrected chi connectivity index (χ0v) is 14.0. The lowest BCUT2D eigenvalue weighted by molar-refractivity contribution is -0.138. The summed E-state index contributed by atoms with van der Waals surface area (Å²) in [4.78, 5) is 30.2. The summed E-state index contributed by atoms with van der Waals surface area (Å²) in [5, 5.41) is 9.45. The Labute approximate surface area is 150 Å². The lowest BCUT2D eigenvalue weighted by Crippen LogP contribution is -2.31. The van der Waals surface area contributed by atoms with Crippen molar-refractivity contribution in [2.75, 3.05) is 24.7 Å². The summed E-state index contributed by atoms with van der Waals surface area (Å²) in [5.41, 5.74) is 1.70. The van der Waals surface area contributed by atoms with Crippen LogP contribution < -0.4 is 9.64 Å². The maximum atomic E-state index is 13.0. The Morgan fingerprint density at radius 2 is 2.12 bits per heavy atom. The number of carbonyl (C=O) groups is 2. The fraction of sp³-hybridized carbons (Fsp3) is 0.316. The standard InChI is InChI=1S/C19H18N2O5/c22-18(12-5-7-20-17(9-12)26-13-6-8-25-11-13)21-10-15(19(23)24)14-3-1-2-4-16(14)21/h1-5,7,9,13,15H,6,8,10-11H2,(H,23,24). The van der Waals surface area contributed by atoms with Crippen LogP contribution in [0, 0.1) is 0 Å². The van der Waals surface area contributed by atoms with Crippen molar-refractivity contribution < 1.29 is 24.2 Å². The number of aliphatic carboxylic acids is 1. The molecule has 134 valence electrons. The van der Waals surface area contributed by atoms with Crippen molar-refractivity contribution in [1.29, 1.82) is 0 Å². The number of fused-ring (bicyclic) bond motifs is 1. The number of pyridine rings is 1. The molecule has 1 fully saturated rings. The van der Waals surface area contributed by atoms with Gasteiger partial charge >= 0.3 is 5.97 Å². The lowest BCUT2D eigenvalue weighted by atomic mass is 10.0. The van der Waals surface area contributed by atoms with Gasteiger partial charge in [-0.2, -0.15) is 0 Å². The predicted octanol–water partition coefficient (Wildman–Crippen LogP) is 2.08. The van der Waals surface area contributed by atoms with E-state index in [1.165, 1.54) is 11.1 Å². The summed E-state index contributed by atoms with van der Waals surface area (Å²) in [6, 6.07) is 10.3. The summed E-state index contributed by atoms with van der Waals surface area (Å²) < 4.78 is 11.0. The minimum Gasteiger partial charge on any atom is -0.481 e. The van der Waals surface area contributed by atoms with E-state index in [4.69, 9.17) is 9.47 Å².